The van der Waals surface area contributed by atoms with E-state index >= 15 is 0 Å². The number of hydrogen-bond donors (Lipinski definition) is 2. The molecule has 0 radical (unpaired) electrons. The minimum Gasteiger partial charge on any atom is -0.398 e. The molecule has 106 valence electrons. The number of nitrogen functional groups attached to an aromatic ring is 1. The highest BCUT2D eigenvalue weighted by atomic mass is 16.1. The predicted molar refractivity (Wildman–Crippen MR) is 82.9 cm³/mol. The van der Waals surface area contributed by atoms with Crippen molar-refractivity contribution in [2.45, 2.75) is 19.9 Å². The minimum atomic E-state index is -0.190. The number of rotatable bonds is 2. The van der Waals surface area contributed by atoms with Gasteiger partial charge in [0.25, 0.3) is 0 Å². The first-order chi connectivity index (χ1) is 10.0. The lowest BCUT2D eigenvalue weighted by atomic mass is 9.82. The number of benzene rings is 2. The number of fused-ring (bicyclic) bond motifs is 2. The van der Waals surface area contributed by atoms with Crippen LogP contribution >= 0.6 is 0 Å². The van der Waals surface area contributed by atoms with Gasteiger partial charge in [0.1, 0.15) is 0 Å². The molecule has 0 saturated heterocycles. The van der Waals surface area contributed by atoms with Crippen molar-refractivity contribution in [2.24, 2.45) is 0 Å². The van der Waals surface area contributed by atoms with Crippen LogP contribution in [0.3, 0.4) is 0 Å². The first-order valence-electron chi connectivity index (χ1n) is 6.88. The molecular formula is C17H16N2O2. The van der Waals surface area contributed by atoms with Crippen molar-refractivity contribution >= 4 is 22.9 Å². The van der Waals surface area contributed by atoms with E-state index in [0.29, 0.717) is 33.6 Å². The summed E-state index contributed by atoms with van der Waals surface area (Å²) in [6, 6.07) is 10.4. The largest absolute Gasteiger partial charge is 0.398 e. The summed E-state index contributed by atoms with van der Waals surface area (Å²) in [5, 5.41) is 3.22. The van der Waals surface area contributed by atoms with Crippen LogP contribution in [-0.2, 0) is 0 Å². The van der Waals surface area contributed by atoms with Gasteiger partial charge in [0.15, 0.2) is 11.6 Å². The summed E-state index contributed by atoms with van der Waals surface area (Å²) in [6.07, 6.45) is 0. The second kappa shape index (κ2) is 4.74. The third-order valence-corrected chi connectivity index (χ3v) is 3.55. The smallest absolute Gasteiger partial charge is 0.196 e. The molecule has 2 aromatic rings. The van der Waals surface area contributed by atoms with E-state index in [1.165, 1.54) is 0 Å². The second-order valence-corrected chi connectivity index (χ2v) is 5.46. The molecular weight excluding hydrogens is 264 g/mol. The van der Waals surface area contributed by atoms with E-state index in [9.17, 15) is 9.59 Å². The van der Waals surface area contributed by atoms with Crippen molar-refractivity contribution in [3.05, 3.63) is 58.7 Å². The van der Waals surface area contributed by atoms with Crippen molar-refractivity contribution in [2.75, 3.05) is 11.1 Å². The molecule has 0 unspecified atom stereocenters. The van der Waals surface area contributed by atoms with Gasteiger partial charge in [0.05, 0.1) is 11.1 Å². The summed E-state index contributed by atoms with van der Waals surface area (Å²) in [7, 11) is 0. The molecule has 0 spiro atoms. The normalized spacial score (nSPS) is 13.1. The first-order valence-corrected chi connectivity index (χ1v) is 6.88. The van der Waals surface area contributed by atoms with Gasteiger partial charge < -0.3 is 11.1 Å². The lowest BCUT2D eigenvalue weighted by molar-refractivity contribution is 0.0980. The molecule has 0 aromatic heterocycles. The fourth-order valence-electron chi connectivity index (χ4n) is 2.70. The molecule has 0 fully saturated rings. The van der Waals surface area contributed by atoms with Gasteiger partial charge in [-0.3, -0.25) is 9.59 Å². The van der Waals surface area contributed by atoms with Crippen LogP contribution in [0.1, 0.15) is 45.7 Å². The average Bonchev–Trinajstić information content (AvgIpc) is 2.44. The third kappa shape index (κ3) is 2.00. The number of hydrogen-bond acceptors (Lipinski definition) is 4. The van der Waals surface area contributed by atoms with Gasteiger partial charge in [-0.05, 0) is 26.0 Å². The van der Waals surface area contributed by atoms with Crippen molar-refractivity contribution in [1.29, 1.82) is 0 Å². The molecule has 0 atom stereocenters. The Kier molecular flexibility index (Phi) is 3.01. The number of nitrogens with one attached hydrogen (secondary N) is 1. The highest BCUT2D eigenvalue weighted by Crippen LogP contribution is 2.34. The highest BCUT2D eigenvalue weighted by Gasteiger charge is 2.32. The molecule has 4 heteroatoms. The molecule has 2 aromatic carbocycles. The van der Waals surface area contributed by atoms with Crippen LogP contribution in [0.25, 0.3) is 0 Å². The van der Waals surface area contributed by atoms with Crippen molar-refractivity contribution < 1.29 is 9.59 Å². The number of ketones is 2. The van der Waals surface area contributed by atoms with Crippen LogP contribution in [0, 0.1) is 0 Å². The molecule has 3 N–H and O–H groups in total. The monoisotopic (exact) mass is 280 g/mol. The van der Waals surface area contributed by atoms with Crippen molar-refractivity contribution in [3.63, 3.8) is 0 Å². The molecule has 3 rings (SSSR count). The van der Waals surface area contributed by atoms with Crippen LogP contribution in [0.4, 0.5) is 11.4 Å². The minimum absolute atomic E-state index is 0.157. The fraction of sp³-hybridized carbons (Fsp3) is 0.176. The second-order valence-electron chi connectivity index (χ2n) is 5.46. The maximum absolute atomic E-state index is 12.8. The molecule has 0 bridgehead atoms. The van der Waals surface area contributed by atoms with E-state index in [4.69, 9.17) is 5.73 Å². The Hall–Kier alpha value is -2.62. The van der Waals surface area contributed by atoms with Gasteiger partial charge in [0.2, 0.25) is 0 Å². The predicted octanol–water partition coefficient (Wildman–Crippen LogP) is 2.86. The molecule has 1 aliphatic carbocycles. The summed E-state index contributed by atoms with van der Waals surface area (Å²) in [5.74, 6) is -0.347. The summed E-state index contributed by atoms with van der Waals surface area (Å²) in [6.45, 7) is 3.97. The zero-order chi connectivity index (χ0) is 15.1. The third-order valence-electron chi connectivity index (χ3n) is 3.55. The van der Waals surface area contributed by atoms with Crippen LogP contribution in [-0.4, -0.2) is 17.6 Å². The Morgan fingerprint density at radius 2 is 1.48 bits per heavy atom. The van der Waals surface area contributed by atoms with Gasteiger partial charge in [-0.15, -0.1) is 0 Å². The fourth-order valence-corrected chi connectivity index (χ4v) is 2.70. The molecule has 0 heterocycles. The lowest BCUT2D eigenvalue weighted by Gasteiger charge is -2.22. The molecule has 0 amide bonds. The van der Waals surface area contributed by atoms with Crippen LogP contribution in [0.5, 0.6) is 0 Å². The van der Waals surface area contributed by atoms with Gasteiger partial charge in [0, 0.05) is 28.5 Å². The van der Waals surface area contributed by atoms with E-state index in [0.717, 1.165) is 0 Å². The Labute approximate surface area is 123 Å². The highest BCUT2D eigenvalue weighted by molar-refractivity contribution is 6.31. The zero-order valence-corrected chi connectivity index (χ0v) is 11.9. The molecule has 4 nitrogen and oxygen atoms in total. The maximum atomic E-state index is 12.8. The van der Waals surface area contributed by atoms with Gasteiger partial charge >= 0.3 is 0 Å². The van der Waals surface area contributed by atoms with Gasteiger partial charge in [-0.25, -0.2) is 0 Å². The summed E-state index contributed by atoms with van der Waals surface area (Å²) in [5.41, 5.74) is 8.46. The van der Waals surface area contributed by atoms with Crippen LogP contribution < -0.4 is 11.1 Å². The van der Waals surface area contributed by atoms with E-state index in [2.05, 4.69) is 5.32 Å². The number of nitrogens with two attached hydrogens (primary N) is 1. The van der Waals surface area contributed by atoms with E-state index in [-0.39, 0.29) is 17.6 Å². The van der Waals surface area contributed by atoms with Crippen molar-refractivity contribution in [1.82, 2.24) is 0 Å². The summed E-state index contributed by atoms with van der Waals surface area (Å²) >= 11 is 0. The number of carbonyl (C=O) groups excluding carboxylic acids is 2. The Morgan fingerprint density at radius 3 is 2.14 bits per heavy atom. The maximum Gasteiger partial charge on any atom is 0.196 e. The standard InChI is InChI=1S/C17H16N2O2/c1-9(2)19-13-8-4-6-11-15(13)17(21)10-5-3-7-12(18)14(10)16(11)20/h3-9,19H,18H2,1-2H3. The Balaban J connectivity index is 2.26. The zero-order valence-electron chi connectivity index (χ0n) is 11.9. The van der Waals surface area contributed by atoms with Crippen molar-refractivity contribution in [3.8, 4) is 0 Å². The summed E-state index contributed by atoms with van der Waals surface area (Å²) < 4.78 is 0. The quantitative estimate of drug-likeness (QED) is 0.708. The SMILES string of the molecule is CC(C)Nc1cccc2c1C(=O)c1cccc(N)c1C2=O. The first kappa shape index (κ1) is 13.4. The van der Waals surface area contributed by atoms with E-state index < -0.39 is 0 Å². The number of carbonyl (C=O) groups is 2. The van der Waals surface area contributed by atoms with Crippen LogP contribution in [0.15, 0.2) is 36.4 Å². The van der Waals surface area contributed by atoms with Gasteiger partial charge in [-0.2, -0.15) is 0 Å². The number of anilines is 2. The molecule has 1 aliphatic rings. The Bertz CT molecular complexity index is 763. The summed E-state index contributed by atoms with van der Waals surface area (Å²) in [4.78, 5) is 25.4. The lowest BCUT2D eigenvalue weighted by Crippen LogP contribution is -2.24. The molecule has 0 saturated carbocycles. The topological polar surface area (TPSA) is 72.2 Å². The Morgan fingerprint density at radius 1 is 0.905 bits per heavy atom. The van der Waals surface area contributed by atoms with Crippen LogP contribution in [0.2, 0.25) is 0 Å². The van der Waals surface area contributed by atoms with Gasteiger partial charge in [-0.1, -0.05) is 24.3 Å². The molecule has 21 heavy (non-hydrogen) atoms. The average molecular weight is 280 g/mol. The van der Waals surface area contributed by atoms with E-state index in [1.807, 2.05) is 19.9 Å². The van der Waals surface area contributed by atoms with E-state index in [1.54, 1.807) is 30.3 Å². The molecule has 0 aliphatic heterocycles.